The fourth-order valence-corrected chi connectivity index (χ4v) is 2.34. The van der Waals surface area contributed by atoms with Gasteiger partial charge in [0.05, 0.1) is 19.2 Å². The lowest BCUT2D eigenvalue weighted by molar-refractivity contribution is -0.140. The van der Waals surface area contributed by atoms with Crippen LogP contribution in [0.5, 0.6) is 0 Å². The second-order valence-corrected chi connectivity index (χ2v) is 5.26. The molecule has 0 amide bonds. The van der Waals surface area contributed by atoms with E-state index in [4.69, 9.17) is 5.73 Å². The first kappa shape index (κ1) is 15.3. The van der Waals surface area contributed by atoms with Crippen molar-refractivity contribution in [2.75, 3.05) is 19.4 Å². The van der Waals surface area contributed by atoms with Crippen LogP contribution in [0.15, 0.2) is 17.0 Å². The summed E-state index contributed by atoms with van der Waals surface area (Å²) in [7, 11) is -3.06. The van der Waals surface area contributed by atoms with Gasteiger partial charge in [-0.1, -0.05) is 0 Å². The van der Waals surface area contributed by atoms with Gasteiger partial charge in [-0.15, -0.1) is 0 Å². The summed E-state index contributed by atoms with van der Waals surface area (Å²) in [5.74, 6) is -2.94. The smallest absolute Gasteiger partial charge is 0.306 e. The van der Waals surface area contributed by atoms with Crippen LogP contribution >= 0.6 is 0 Å². The second-order valence-electron chi connectivity index (χ2n) is 3.53. The number of anilines is 1. The normalized spacial score (nSPS) is 11.3. The summed E-state index contributed by atoms with van der Waals surface area (Å²) in [6.45, 7) is -0.272. The van der Waals surface area contributed by atoms with E-state index in [0.717, 1.165) is 7.11 Å². The maximum atomic E-state index is 13.4. The average molecular weight is 294 g/mol. The largest absolute Gasteiger partial charge is 0.469 e. The third-order valence-corrected chi connectivity index (χ3v) is 3.67. The van der Waals surface area contributed by atoms with Gasteiger partial charge < -0.3 is 10.5 Å². The SMILES string of the molecule is COC(=O)CCNS(=O)(=O)c1cc(N)c(F)cc1F. The van der Waals surface area contributed by atoms with E-state index in [1.165, 1.54) is 0 Å². The van der Waals surface area contributed by atoms with Gasteiger partial charge in [-0.05, 0) is 6.07 Å². The Bertz CT molecular complexity index is 589. The highest BCUT2D eigenvalue weighted by atomic mass is 32.2. The van der Waals surface area contributed by atoms with E-state index in [1.807, 2.05) is 4.72 Å². The number of benzene rings is 1. The van der Waals surface area contributed by atoms with Gasteiger partial charge in [-0.25, -0.2) is 21.9 Å². The first-order chi connectivity index (χ1) is 8.77. The summed E-state index contributed by atoms with van der Waals surface area (Å²) < 4.78 is 56.0. The highest BCUT2D eigenvalue weighted by Gasteiger charge is 2.21. The van der Waals surface area contributed by atoms with E-state index in [2.05, 4.69) is 4.74 Å². The molecule has 0 saturated heterocycles. The minimum Gasteiger partial charge on any atom is -0.469 e. The van der Waals surface area contributed by atoms with Crippen molar-refractivity contribution in [3.63, 3.8) is 0 Å². The third-order valence-electron chi connectivity index (χ3n) is 2.19. The Morgan fingerprint density at radius 3 is 2.58 bits per heavy atom. The van der Waals surface area contributed by atoms with Crippen molar-refractivity contribution in [2.24, 2.45) is 0 Å². The van der Waals surface area contributed by atoms with E-state index >= 15 is 0 Å². The highest BCUT2D eigenvalue weighted by Crippen LogP contribution is 2.20. The molecule has 0 spiro atoms. The molecule has 0 aromatic heterocycles. The number of ether oxygens (including phenoxy) is 1. The van der Waals surface area contributed by atoms with E-state index in [-0.39, 0.29) is 13.0 Å². The van der Waals surface area contributed by atoms with Gasteiger partial charge in [0, 0.05) is 12.6 Å². The summed E-state index contributed by atoms with van der Waals surface area (Å²) in [6.07, 6.45) is -0.214. The molecule has 6 nitrogen and oxygen atoms in total. The number of nitrogens with two attached hydrogens (primary N) is 1. The summed E-state index contributed by atoms with van der Waals surface area (Å²) in [4.78, 5) is 10.0. The van der Waals surface area contributed by atoms with Crippen LogP contribution in [0.2, 0.25) is 0 Å². The van der Waals surface area contributed by atoms with Crippen molar-refractivity contribution < 1.29 is 26.7 Å². The summed E-state index contributed by atoms with van der Waals surface area (Å²) in [6, 6.07) is 1.05. The Kier molecular flexibility index (Phi) is 4.78. The quantitative estimate of drug-likeness (QED) is 0.604. The van der Waals surface area contributed by atoms with Gasteiger partial charge >= 0.3 is 5.97 Å². The maximum absolute atomic E-state index is 13.4. The van der Waals surface area contributed by atoms with Crippen LogP contribution in [0.4, 0.5) is 14.5 Å². The maximum Gasteiger partial charge on any atom is 0.306 e. The van der Waals surface area contributed by atoms with Crippen LogP contribution in [0.25, 0.3) is 0 Å². The highest BCUT2D eigenvalue weighted by molar-refractivity contribution is 7.89. The van der Waals surface area contributed by atoms with Gasteiger partial charge in [0.15, 0.2) is 0 Å². The number of hydrogen-bond donors (Lipinski definition) is 2. The van der Waals surface area contributed by atoms with Crippen molar-refractivity contribution in [3.8, 4) is 0 Å². The number of carbonyl (C=O) groups is 1. The predicted molar refractivity (Wildman–Crippen MR) is 62.6 cm³/mol. The molecule has 0 heterocycles. The Balaban J connectivity index is 2.89. The second kappa shape index (κ2) is 5.93. The van der Waals surface area contributed by atoms with E-state index < -0.39 is 38.2 Å². The van der Waals surface area contributed by atoms with Crippen LogP contribution in [0, 0.1) is 11.6 Å². The van der Waals surface area contributed by atoms with Gasteiger partial charge in [0.1, 0.15) is 16.5 Å². The van der Waals surface area contributed by atoms with Crippen LogP contribution < -0.4 is 10.5 Å². The molecule has 0 bridgehead atoms. The van der Waals surface area contributed by atoms with E-state index in [0.29, 0.717) is 12.1 Å². The van der Waals surface area contributed by atoms with Crippen LogP contribution in [0.3, 0.4) is 0 Å². The molecule has 1 aromatic rings. The molecule has 0 radical (unpaired) electrons. The topological polar surface area (TPSA) is 98.5 Å². The lowest BCUT2D eigenvalue weighted by atomic mass is 10.3. The molecule has 0 unspecified atom stereocenters. The van der Waals surface area contributed by atoms with Gasteiger partial charge in [0.25, 0.3) is 0 Å². The zero-order valence-corrected chi connectivity index (χ0v) is 10.8. The van der Waals surface area contributed by atoms with Crippen molar-refractivity contribution in [3.05, 3.63) is 23.8 Å². The average Bonchev–Trinajstić information content (AvgIpc) is 2.33. The summed E-state index contributed by atoms with van der Waals surface area (Å²) in [5, 5.41) is 0. The molecule has 9 heteroatoms. The Morgan fingerprint density at radius 1 is 1.37 bits per heavy atom. The van der Waals surface area contributed by atoms with Crippen LogP contribution in [0.1, 0.15) is 6.42 Å². The Morgan fingerprint density at radius 2 is 2.00 bits per heavy atom. The Hall–Kier alpha value is -1.74. The number of nitrogen functional groups attached to an aromatic ring is 1. The predicted octanol–water partition coefficient (Wildman–Crippen LogP) is 0.388. The van der Waals surface area contributed by atoms with Crippen molar-refractivity contribution >= 4 is 21.7 Å². The lowest BCUT2D eigenvalue weighted by Crippen LogP contribution is -2.27. The molecule has 1 aromatic carbocycles. The molecule has 0 aliphatic rings. The third kappa shape index (κ3) is 3.86. The molecule has 19 heavy (non-hydrogen) atoms. The minimum atomic E-state index is -4.21. The molecule has 1 rings (SSSR count). The minimum absolute atomic E-state index is 0.214. The Labute approximate surface area is 108 Å². The summed E-state index contributed by atoms with van der Waals surface area (Å²) >= 11 is 0. The monoisotopic (exact) mass is 294 g/mol. The molecule has 0 aliphatic heterocycles. The van der Waals surface area contributed by atoms with Crippen LogP contribution in [-0.2, 0) is 19.6 Å². The zero-order valence-electron chi connectivity index (χ0n) is 9.94. The van der Waals surface area contributed by atoms with Gasteiger partial charge in [-0.3, -0.25) is 4.79 Å². The van der Waals surface area contributed by atoms with Gasteiger partial charge in [-0.2, -0.15) is 0 Å². The summed E-state index contributed by atoms with van der Waals surface area (Å²) in [5.41, 5.74) is 4.69. The van der Waals surface area contributed by atoms with E-state index in [9.17, 15) is 22.0 Å². The number of hydrogen-bond acceptors (Lipinski definition) is 5. The number of carbonyl (C=O) groups excluding carboxylic acids is 1. The fraction of sp³-hybridized carbons (Fsp3) is 0.300. The molecule has 0 fully saturated rings. The number of esters is 1. The number of rotatable bonds is 5. The zero-order chi connectivity index (χ0) is 14.6. The standard InChI is InChI=1S/C10H12F2N2O4S/c1-18-10(15)2-3-14-19(16,17)9-5-8(13)6(11)4-7(9)12/h4-5,14H,2-3,13H2,1H3. The number of nitrogens with one attached hydrogen (secondary N) is 1. The molecule has 0 aliphatic carbocycles. The molecule has 3 N–H and O–H groups in total. The van der Waals surface area contributed by atoms with Crippen LogP contribution in [-0.4, -0.2) is 28.0 Å². The van der Waals surface area contributed by atoms with E-state index in [1.54, 1.807) is 0 Å². The molecule has 0 saturated carbocycles. The number of halogens is 2. The first-order valence-electron chi connectivity index (χ1n) is 5.09. The molecular formula is C10H12F2N2O4S. The molecule has 0 atom stereocenters. The fourth-order valence-electron chi connectivity index (χ4n) is 1.22. The van der Waals surface area contributed by atoms with Gasteiger partial charge in [0.2, 0.25) is 10.0 Å². The number of methoxy groups -OCH3 is 1. The van der Waals surface area contributed by atoms with Crippen molar-refractivity contribution in [1.29, 1.82) is 0 Å². The number of sulfonamides is 1. The lowest BCUT2D eigenvalue weighted by Gasteiger charge is -2.08. The molecule has 106 valence electrons. The molecular weight excluding hydrogens is 282 g/mol. The first-order valence-corrected chi connectivity index (χ1v) is 6.57. The van der Waals surface area contributed by atoms with Crippen molar-refractivity contribution in [2.45, 2.75) is 11.3 Å². The van der Waals surface area contributed by atoms with Crippen molar-refractivity contribution in [1.82, 2.24) is 4.72 Å².